The molecule has 0 amide bonds. The van der Waals surface area contributed by atoms with Gasteiger partial charge in [-0.15, -0.1) is 0 Å². The van der Waals surface area contributed by atoms with E-state index in [-0.39, 0.29) is 6.10 Å². The molecule has 3 nitrogen and oxygen atoms in total. The number of rotatable bonds is 4. The van der Waals surface area contributed by atoms with Gasteiger partial charge < -0.3 is 10.1 Å². The van der Waals surface area contributed by atoms with Gasteiger partial charge >= 0.3 is 6.18 Å². The molecule has 1 atom stereocenters. The fourth-order valence-electron chi connectivity index (χ4n) is 2.31. The van der Waals surface area contributed by atoms with Gasteiger partial charge in [-0.05, 0) is 18.7 Å². The first-order chi connectivity index (χ1) is 9.45. The predicted molar refractivity (Wildman–Crippen MR) is 70.4 cm³/mol. The number of halogens is 3. The summed E-state index contributed by atoms with van der Waals surface area (Å²) in [7, 11) is 1.89. The van der Waals surface area contributed by atoms with Gasteiger partial charge in [0.2, 0.25) is 0 Å². The van der Waals surface area contributed by atoms with E-state index in [0.717, 1.165) is 19.2 Å². The first-order valence-corrected chi connectivity index (χ1v) is 6.62. The summed E-state index contributed by atoms with van der Waals surface area (Å²) < 4.78 is 43.5. The van der Waals surface area contributed by atoms with Crippen LogP contribution in [-0.4, -0.2) is 44.3 Å². The van der Waals surface area contributed by atoms with E-state index in [1.54, 1.807) is 6.07 Å². The van der Waals surface area contributed by atoms with Crippen molar-refractivity contribution >= 4 is 0 Å². The molecule has 0 aliphatic carbocycles. The van der Waals surface area contributed by atoms with E-state index in [1.807, 2.05) is 11.9 Å². The van der Waals surface area contributed by atoms with Crippen molar-refractivity contribution in [2.24, 2.45) is 0 Å². The van der Waals surface area contributed by atoms with Crippen LogP contribution in [0.1, 0.15) is 11.1 Å². The third-order valence-corrected chi connectivity index (χ3v) is 3.23. The molecule has 0 bridgehead atoms. The quantitative estimate of drug-likeness (QED) is 0.918. The van der Waals surface area contributed by atoms with E-state index in [4.69, 9.17) is 4.74 Å². The van der Waals surface area contributed by atoms with Crippen LogP contribution in [0.4, 0.5) is 13.2 Å². The maximum absolute atomic E-state index is 12.6. The normalized spacial score (nSPS) is 20.4. The molecule has 1 fully saturated rings. The van der Waals surface area contributed by atoms with Crippen molar-refractivity contribution in [3.63, 3.8) is 0 Å². The van der Waals surface area contributed by atoms with Crippen LogP contribution in [0.15, 0.2) is 24.3 Å². The number of hydrogen-bond acceptors (Lipinski definition) is 3. The zero-order chi connectivity index (χ0) is 14.6. The standard InChI is InChI=1S/C14H19F3N2O/c1-19(10-13-8-18-5-6-20-13)9-11-3-2-4-12(7-11)14(15,16)17/h2-4,7,13,18H,5-6,8-10H2,1H3. The Bertz CT molecular complexity index is 431. The van der Waals surface area contributed by atoms with Crippen LogP contribution in [-0.2, 0) is 17.5 Å². The minimum absolute atomic E-state index is 0.0968. The van der Waals surface area contributed by atoms with Gasteiger partial charge in [-0.1, -0.05) is 18.2 Å². The highest BCUT2D eigenvalue weighted by atomic mass is 19.4. The van der Waals surface area contributed by atoms with E-state index >= 15 is 0 Å². The van der Waals surface area contributed by atoms with Crippen molar-refractivity contribution in [1.29, 1.82) is 0 Å². The number of benzene rings is 1. The van der Waals surface area contributed by atoms with Crippen LogP contribution >= 0.6 is 0 Å². The Kier molecular flexibility index (Phi) is 5.01. The topological polar surface area (TPSA) is 24.5 Å². The van der Waals surface area contributed by atoms with Gasteiger partial charge in [0.25, 0.3) is 0 Å². The Morgan fingerprint density at radius 1 is 1.40 bits per heavy atom. The summed E-state index contributed by atoms with van der Waals surface area (Å²) in [4.78, 5) is 1.98. The molecule has 1 aromatic rings. The lowest BCUT2D eigenvalue weighted by Crippen LogP contribution is -2.44. The summed E-state index contributed by atoms with van der Waals surface area (Å²) in [5.74, 6) is 0. The Morgan fingerprint density at radius 3 is 2.85 bits per heavy atom. The molecule has 0 aromatic heterocycles. The monoisotopic (exact) mass is 288 g/mol. The van der Waals surface area contributed by atoms with Crippen LogP contribution < -0.4 is 5.32 Å². The summed E-state index contributed by atoms with van der Waals surface area (Å²) in [5, 5.41) is 3.23. The van der Waals surface area contributed by atoms with Crippen molar-refractivity contribution in [1.82, 2.24) is 10.2 Å². The lowest BCUT2D eigenvalue weighted by atomic mass is 10.1. The van der Waals surface area contributed by atoms with Crippen LogP contribution in [0.5, 0.6) is 0 Å². The van der Waals surface area contributed by atoms with Gasteiger partial charge in [0.05, 0.1) is 18.3 Å². The number of ether oxygens (including phenoxy) is 1. The summed E-state index contributed by atoms with van der Waals surface area (Å²) in [6.45, 7) is 3.50. The fraction of sp³-hybridized carbons (Fsp3) is 0.571. The highest BCUT2D eigenvalue weighted by Crippen LogP contribution is 2.29. The third-order valence-electron chi connectivity index (χ3n) is 3.23. The second kappa shape index (κ2) is 6.56. The second-order valence-corrected chi connectivity index (χ2v) is 5.09. The molecule has 20 heavy (non-hydrogen) atoms. The zero-order valence-corrected chi connectivity index (χ0v) is 11.4. The highest BCUT2D eigenvalue weighted by Gasteiger charge is 2.30. The van der Waals surface area contributed by atoms with Crippen molar-refractivity contribution in [2.75, 3.05) is 33.3 Å². The van der Waals surface area contributed by atoms with Gasteiger partial charge in [-0.2, -0.15) is 13.2 Å². The number of nitrogens with one attached hydrogen (secondary N) is 1. The highest BCUT2D eigenvalue weighted by molar-refractivity contribution is 5.25. The van der Waals surface area contributed by atoms with E-state index in [1.165, 1.54) is 12.1 Å². The van der Waals surface area contributed by atoms with E-state index in [0.29, 0.717) is 25.3 Å². The Morgan fingerprint density at radius 2 is 2.20 bits per heavy atom. The lowest BCUT2D eigenvalue weighted by Gasteiger charge is -2.28. The molecular weight excluding hydrogens is 269 g/mol. The number of alkyl halides is 3. The predicted octanol–water partition coefficient (Wildman–Crippen LogP) is 2.13. The summed E-state index contributed by atoms with van der Waals surface area (Å²) in [6.07, 6.45) is -4.19. The van der Waals surface area contributed by atoms with Gasteiger partial charge in [0.1, 0.15) is 0 Å². The molecule has 0 saturated carbocycles. The molecule has 0 radical (unpaired) electrons. The Balaban J connectivity index is 1.92. The van der Waals surface area contributed by atoms with Crippen LogP contribution in [0.3, 0.4) is 0 Å². The average Bonchev–Trinajstić information content (AvgIpc) is 2.39. The molecule has 0 spiro atoms. The minimum atomic E-state index is -4.29. The molecule has 1 N–H and O–H groups in total. The van der Waals surface area contributed by atoms with Crippen molar-refractivity contribution in [3.8, 4) is 0 Å². The number of likely N-dealkylation sites (N-methyl/N-ethyl adjacent to an activating group) is 1. The average molecular weight is 288 g/mol. The molecule has 1 heterocycles. The third kappa shape index (κ3) is 4.47. The Labute approximate surface area is 116 Å². The van der Waals surface area contributed by atoms with E-state index in [2.05, 4.69) is 5.32 Å². The second-order valence-electron chi connectivity index (χ2n) is 5.09. The lowest BCUT2D eigenvalue weighted by molar-refractivity contribution is -0.137. The SMILES string of the molecule is CN(Cc1cccc(C(F)(F)F)c1)CC1CNCCO1. The van der Waals surface area contributed by atoms with E-state index < -0.39 is 11.7 Å². The summed E-state index contributed by atoms with van der Waals surface area (Å²) >= 11 is 0. The van der Waals surface area contributed by atoms with Crippen molar-refractivity contribution in [2.45, 2.75) is 18.8 Å². The van der Waals surface area contributed by atoms with Crippen molar-refractivity contribution < 1.29 is 17.9 Å². The van der Waals surface area contributed by atoms with Gasteiger partial charge in [0, 0.05) is 26.2 Å². The molecule has 1 aliphatic rings. The van der Waals surface area contributed by atoms with Gasteiger partial charge in [0.15, 0.2) is 0 Å². The van der Waals surface area contributed by atoms with Crippen LogP contribution in [0.25, 0.3) is 0 Å². The first-order valence-electron chi connectivity index (χ1n) is 6.62. The molecule has 6 heteroatoms. The number of nitrogens with zero attached hydrogens (tertiary/aromatic N) is 1. The molecule has 1 saturated heterocycles. The fourth-order valence-corrected chi connectivity index (χ4v) is 2.31. The maximum Gasteiger partial charge on any atom is 0.416 e. The van der Waals surface area contributed by atoms with Crippen LogP contribution in [0.2, 0.25) is 0 Å². The van der Waals surface area contributed by atoms with E-state index in [9.17, 15) is 13.2 Å². The summed E-state index contributed by atoms with van der Waals surface area (Å²) in [5.41, 5.74) is 0.0603. The smallest absolute Gasteiger partial charge is 0.374 e. The van der Waals surface area contributed by atoms with Crippen molar-refractivity contribution in [3.05, 3.63) is 35.4 Å². The zero-order valence-electron chi connectivity index (χ0n) is 11.4. The molecule has 1 aromatic carbocycles. The molecule has 112 valence electrons. The molecule has 1 unspecified atom stereocenters. The first kappa shape index (κ1) is 15.3. The largest absolute Gasteiger partial charge is 0.416 e. The maximum atomic E-state index is 12.6. The molecule has 1 aliphatic heterocycles. The number of morpholine rings is 1. The number of hydrogen-bond donors (Lipinski definition) is 1. The van der Waals surface area contributed by atoms with Gasteiger partial charge in [-0.3, -0.25) is 4.90 Å². The Hall–Kier alpha value is -1.11. The summed E-state index contributed by atoms with van der Waals surface area (Å²) in [6, 6.07) is 5.46. The van der Waals surface area contributed by atoms with Gasteiger partial charge in [-0.25, -0.2) is 0 Å². The molecule has 2 rings (SSSR count). The van der Waals surface area contributed by atoms with Crippen LogP contribution in [0, 0.1) is 0 Å². The molecular formula is C14H19F3N2O. The minimum Gasteiger partial charge on any atom is -0.374 e.